The molecule has 0 N–H and O–H groups in total. The Morgan fingerprint density at radius 2 is 1.94 bits per heavy atom. The van der Waals surface area contributed by atoms with Crippen molar-refractivity contribution in [3.8, 4) is 17.3 Å². The molecule has 0 aliphatic rings. The van der Waals surface area contributed by atoms with Gasteiger partial charge in [0.05, 0.1) is 11.3 Å². The van der Waals surface area contributed by atoms with Gasteiger partial charge in [0.25, 0.3) is 10.4 Å². The number of hydrogen-bond acceptors (Lipinski definition) is 6. The molecule has 1 aromatic carbocycles. The van der Waals surface area contributed by atoms with Crippen LogP contribution in [0.2, 0.25) is 0 Å². The average Bonchev–Trinajstić information content (AvgIpc) is 3.08. The van der Waals surface area contributed by atoms with Gasteiger partial charge in [0.2, 0.25) is 5.88 Å². The number of alkyl halides is 5. The van der Waals surface area contributed by atoms with Gasteiger partial charge in [-0.3, -0.25) is 0 Å². The molecule has 14 heteroatoms. The number of ether oxygens (including phenoxy) is 2. The number of pyridine rings is 1. The number of benzene rings is 1. The van der Waals surface area contributed by atoms with Crippen molar-refractivity contribution in [1.82, 2.24) is 14.8 Å². The molecule has 0 fully saturated rings. The summed E-state index contributed by atoms with van der Waals surface area (Å²) in [6.07, 6.45) is -3.81. The Balaban J connectivity index is 1.79. The Hall–Kier alpha value is -2.40. The Kier molecular flexibility index (Phi) is 7.52. The predicted octanol–water partition coefficient (Wildman–Crippen LogP) is 6.21. The van der Waals surface area contributed by atoms with Crippen LogP contribution in [0.1, 0.15) is 24.5 Å². The highest BCUT2D eigenvalue weighted by Gasteiger charge is 2.31. The van der Waals surface area contributed by atoms with E-state index in [4.69, 9.17) is 60.3 Å². The first-order valence-corrected chi connectivity index (χ1v) is 10.4. The third kappa shape index (κ3) is 6.80. The molecule has 0 aliphatic carbocycles. The van der Waals surface area contributed by atoms with Gasteiger partial charge < -0.3 is 13.9 Å². The molecular weight excluding hydrogens is 533 g/mol. The van der Waals surface area contributed by atoms with Gasteiger partial charge in [0.15, 0.2) is 6.10 Å². The van der Waals surface area contributed by atoms with Crippen LogP contribution in [-0.2, 0) is 6.18 Å². The first-order valence-electron chi connectivity index (χ1n) is 8.85. The maximum Gasteiger partial charge on any atom is 0.442 e. The van der Waals surface area contributed by atoms with E-state index in [9.17, 15) is 18.0 Å². The molecule has 0 bridgehead atoms. The quantitative estimate of drug-likeness (QED) is 0.329. The van der Waals surface area contributed by atoms with Crippen molar-refractivity contribution in [3.63, 3.8) is 0 Å². The number of rotatable bonds is 7. The third-order valence-electron chi connectivity index (χ3n) is 3.87. The van der Waals surface area contributed by atoms with E-state index in [-0.39, 0.29) is 27.7 Å². The zero-order valence-electron chi connectivity index (χ0n) is 16.3. The van der Waals surface area contributed by atoms with Gasteiger partial charge >= 0.3 is 11.9 Å². The highest BCUT2D eigenvalue weighted by Crippen LogP contribution is 2.32. The monoisotopic (exact) mass is 543 g/mol. The van der Waals surface area contributed by atoms with Crippen molar-refractivity contribution in [2.45, 2.75) is 23.7 Å². The first kappa shape index (κ1) is 25.2. The predicted molar refractivity (Wildman–Crippen MR) is 115 cm³/mol. The molecule has 1 atom stereocenters. The fourth-order valence-corrected chi connectivity index (χ4v) is 3.39. The summed E-state index contributed by atoms with van der Waals surface area (Å²) in [6, 6.07) is 7.82. The molecule has 33 heavy (non-hydrogen) atoms. The van der Waals surface area contributed by atoms with Crippen LogP contribution in [0.3, 0.4) is 0 Å². The maximum absolute atomic E-state index is 12.6. The summed E-state index contributed by atoms with van der Waals surface area (Å²) < 4.78 is 52.7. The van der Waals surface area contributed by atoms with Gasteiger partial charge in [-0.2, -0.15) is 17.9 Å². The molecule has 0 amide bonds. The van der Waals surface area contributed by atoms with Crippen LogP contribution in [0.25, 0.3) is 5.69 Å². The summed E-state index contributed by atoms with van der Waals surface area (Å²) in [5.41, 5.74) is -0.695. The Morgan fingerprint density at radius 1 is 1.21 bits per heavy atom. The molecule has 0 radical (unpaired) electrons. The van der Waals surface area contributed by atoms with Gasteiger partial charge in [0.1, 0.15) is 10.2 Å². The Labute approximate surface area is 204 Å². The minimum atomic E-state index is -4.53. The summed E-state index contributed by atoms with van der Waals surface area (Å²) in [5, 5.41) is 4.05. The minimum absolute atomic E-state index is 0.116. The zero-order valence-corrected chi connectivity index (χ0v) is 19.3. The summed E-state index contributed by atoms with van der Waals surface area (Å²) in [7, 11) is 0. The van der Waals surface area contributed by atoms with E-state index in [0.717, 1.165) is 22.9 Å². The highest BCUT2D eigenvalue weighted by atomic mass is 35.5. The smallest absolute Gasteiger partial charge is 0.442 e. The van der Waals surface area contributed by atoms with Gasteiger partial charge in [-0.05, 0) is 25.1 Å². The molecule has 3 rings (SSSR count). The minimum Gasteiger partial charge on any atom is -0.465 e. The molecule has 7 nitrogen and oxygen atoms in total. The summed E-state index contributed by atoms with van der Waals surface area (Å²) in [6.45, 7) is 1.48. The lowest BCUT2D eigenvalue weighted by atomic mass is 10.3. The lowest BCUT2D eigenvalue weighted by molar-refractivity contribution is -0.137. The number of halogens is 7. The lowest BCUT2D eigenvalue weighted by Crippen LogP contribution is -2.19. The fourth-order valence-electron chi connectivity index (χ4n) is 2.46. The molecule has 0 spiro atoms. The Bertz CT molecular complexity index is 1210. The van der Waals surface area contributed by atoms with Gasteiger partial charge in [-0.25, -0.2) is 9.78 Å². The second-order valence-corrected chi connectivity index (χ2v) is 8.68. The van der Waals surface area contributed by atoms with Crippen molar-refractivity contribution in [1.29, 1.82) is 0 Å². The van der Waals surface area contributed by atoms with Crippen molar-refractivity contribution in [2.24, 2.45) is 0 Å². The average molecular weight is 545 g/mol. The van der Waals surface area contributed by atoms with Crippen LogP contribution in [0.5, 0.6) is 11.6 Å². The normalized spacial score (nSPS) is 12.8. The molecule has 2 heterocycles. The van der Waals surface area contributed by atoms with Crippen molar-refractivity contribution >= 4 is 46.4 Å². The summed E-state index contributed by atoms with van der Waals surface area (Å²) in [4.78, 5) is 15.9. The van der Waals surface area contributed by atoms with Crippen LogP contribution < -0.4 is 15.2 Å². The number of aromatic nitrogens is 3. The van der Waals surface area contributed by atoms with E-state index in [1.807, 2.05) is 0 Å². The van der Waals surface area contributed by atoms with Gasteiger partial charge in [0, 0.05) is 24.4 Å². The molecule has 0 aliphatic heterocycles. The van der Waals surface area contributed by atoms with Crippen LogP contribution >= 0.6 is 46.4 Å². The second kappa shape index (κ2) is 9.84. The Morgan fingerprint density at radius 3 is 2.55 bits per heavy atom. The number of hydrogen-bond donors (Lipinski definition) is 0. The first-order chi connectivity index (χ1) is 15.3. The molecule has 1 unspecified atom stereocenters. The number of nitrogens with zero attached hydrogens (tertiary/aromatic N) is 3. The van der Waals surface area contributed by atoms with Crippen molar-refractivity contribution in [2.75, 3.05) is 0 Å². The molecular formula is C19H12Cl4F3N3O4. The molecule has 176 valence electrons. The van der Waals surface area contributed by atoms with E-state index in [2.05, 4.69) is 10.1 Å². The highest BCUT2D eigenvalue weighted by molar-refractivity contribution is 6.57. The van der Waals surface area contributed by atoms with E-state index in [1.165, 1.54) is 31.2 Å². The van der Waals surface area contributed by atoms with Gasteiger partial charge in [-0.1, -0.05) is 52.5 Å². The van der Waals surface area contributed by atoms with Crippen LogP contribution in [0.4, 0.5) is 13.2 Å². The summed E-state index contributed by atoms with van der Waals surface area (Å²) >= 11 is 23.0. The van der Waals surface area contributed by atoms with E-state index < -0.39 is 28.1 Å². The van der Waals surface area contributed by atoms with E-state index in [0.29, 0.717) is 6.20 Å². The van der Waals surface area contributed by atoms with Crippen LogP contribution in [-0.4, -0.2) is 19.3 Å². The third-order valence-corrected chi connectivity index (χ3v) is 4.46. The van der Waals surface area contributed by atoms with Gasteiger partial charge in [-0.15, -0.1) is 5.10 Å². The SMILES string of the molecule is CC(Oc1ccc(C(F)(F)F)cn1)c1nn(-c2cccc(OC(Cl)(Cl)C=C(Cl)Cl)c2)c(=O)o1. The van der Waals surface area contributed by atoms with E-state index >= 15 is 0 Å². The molecule has 0 saturated heterocycles. The molecule has 3 aromatic rings. The lowest BCUT2D eigenvalue weighted by Gasteiger charge is -2.17. The summed E-state index contributed by atoms with van der Waals surface area (Å²) in [5.74, 6) is -0.966. The van der Waals surface area contributed by atoms with E-state index in [1.54, 1.807) is 0 Å². The molecule has 0 saturated carbocycles. The zero-order chi connectivity index (χ0) is 24.4. The molecule has 2 aromatic heterocycles. The topological polar surface area (TPSA) is 79.4 Å². The second-order valence-electron chi connectivity index (χ2n) is 6.36. The van der Waals surface area contributed by atoms with Crippen LogP contribution in [0, 0.1) is 0 Å². The standard InChI is InChI=1S/C19H12Cl4F3N3O4/c1-10(31-15-6-5-11(9-27-15)19(24,25)26)16-28-29(17(30)32-16)12-3-2-4-13(7-12)33-18(22,23)8-14(20)21/h2-10H,1H3. The fraction of sp³-hybridized carbons (Fsp3) is 0.211. The largest absolute Gasteiger partial charge is 0.465 e. The van der Waals surface area contributed by atoms with Crippen LogP contribution in [0.15, 0.2) is 62.4 Å². The van der Waals surface area contributed by atoms with Crippen molar-refractivity contribution < 1.29 is 27.1 Å². The maximum atomic E-state index is 12.6. The van der Waals surface area contributed by atoms with Crippen molar-refractivity contribution in [3.05, 3.63) is 75.2 Å².